The molecule has 0 fully saturated rings. The first-order chi connectivity index (χ1) is 21.3. The van der Waals surface area contributed by atoms with Crippen molar-refractivity contribution in [2.75, 3.05) is 30.9 Å². The average molecular weight is 591 g/mol. The van der Waals surface area contributed by atoms with Crippen LogP contribution in [0.4, 0.5) is 17.6 Å². The molecule has 5 rings (SSSR count). The van der Waals surface area contributed by atoms with Gasteiger partial charge in [0.15, 0.2) is 0 Å². The number of para-hydroxylation sites is 1. The number of aromatic nitrogens is 4. The molecule has 0 unspecified atom stereocenters. The summed E-state index contributed by atoms with van der Waals surface area (Å²) < 4.78 is 6.45. The smallest absolute Gasteiger partial charge is 0.337 e. The van der Waals surface area contributed by atoms with E-state index in [0.29, 0.717) is 58.6 Å². The van der Waals surface area contributed by atoms with Crippen LogP contribution < -0.4 is 22.3 Å². The van der Waals surface area contributed by atoms with Crippen LogP contribution in [0.2, 0.25) is 0 Å². The first-order valence-corrected chi connectivity index (χ1v) is 14.2. The number of nitrogens with two attached hydrogens (primary N) is 2. The number of anilines is 3. The fraction of sp³-hybridized carbons (Fsp3) is 0.212. The number of hydrogen-bond donors (Lipinski definition) is 3. The summed E-state index contributed by atoms with van der Waals surface area (Å²) in [6.07, 6.45) is 3.41. The Kier molecular flexibility index (Phi) is 8.94. The molecule has 5 aromatic rings. The summed E-state index contributed by atoms with van der Waals surface area (Å²) in [6.45, 7) is 1.99. The lowest BCUT2D eigenvalue weighted by atomic mass is 10.00. The first kappa shape index (κ1) is 29.9. The summed E-state index contributed by atoms with van der Waals surface area (Å²) in [5, 5.41) is 3.95. The Morgan fingerprint density at radius 2 is 1.75 bits per heavy atom. The van der Waals surface area contributed by atoms with Crippen LogP contribution in [0, 0.1) is 0 Å². The van der Waals surface area contributed by atoms with Crippen LogP contribution in [-0.4, -0.2) is 45.9 Å². The number of ether oxygens (including phenoxy) is 1. The van der Waals surface area contributed by atoms with Crippen molar-refractivity contribution < 1.29 is 9.53 Å². The number of esters is 1. The second kappa shape index (κ2) is 13.2. The van der Waals surface area contributed by atoms with Gasteiger partial charge >= 0.3 is 5.97 Å². The second-order valence-corrected chi connectivity index (χ2v) is 10.2. The van der Waals surface area contributed by atoms with Crippen molar-refractivity contribution in [3.05, 3.63) is 111 Å². The summed E-state index contributed by atoms with van der Waals surface area (Å²) in [7, 11) is 2.99. The predicted molar refractivity (Wildman–Crippen MR) is 174 cm³/mol. The zero-order valence-electron chi connectivity index (χ0n) is 24.8. The molecule has 1 atom stereocenters. The van der Waals surface area contributed by atoms with Crippen molar-refractivity contribution >= 4 is 40.7 Å². The van der Waals surface area contributed by atoms with Crippen molar-refractivity contribution in [1.29, 1.82) is 0 Å². The number of nitrogens with zero attached hydrogens (tertiary/aromatic N) is 5. The molecule has 224 valence electrons. The standard InChI is InChI=1S/C33H34N8O3/c1-4-25(37-29-24(19-36-2)28(34)39-33(35)40-29)30-38-26-12-8-9-21(16-13-20-14-17-22(18-15-20)32(43)44-3)27(26)31(42)41(30)23-10-6-5-7-11-23/h5-12,14-15,17-19,25H,4,13,16H2,1-3H3,(H5,34,35,37,39,40)/t25-/m0/s1. The van der Waals surface area contributed by atoms with E-state index in [-0.39, 0.29) is 23.3 Å². The van der Waals surface area contributed by atoms with Crippen molar-refractivity contribution in [3.8, 4) is 5.69 Å². The minimum absolute atomic E-state index is 0.0182. The van der Waals surface area contributed by atoms with E-state index in [4.69, 9.17) is 21.2 Å². The molecular weight excluding hydrogens is 556 g/mol. The maximum Gasteiger partial charge on any atom is 0.337 e. The molecule has 5 N–H and O–H groups in total. The summed E-state index contributed by atoms with van der Waals surface area (Å²) in [5.41, 5.74) is 16.1. The Hall–Kier alpha value is -5.58. The highest BCUT2D eigenvalue weighted by Crippen LogP contribution is 2.28. The van der Waals surface area contributed by atoms with Gasteiger partial charge in [-0.15, -0.1) is 0 Å². The molecule has 0 saturated carbocycles. The third kappa shape index (κ3) is 6.12. The maximum absolute atomic E-state index is 14.4. The number of nitrogens with one attached hydrogen (secondary N) is 1. The highest BCUT2D eigenvalue weighted by molar-refractivity contribution is 5.92. The molecule has 0 spiro atoms. The van der Waals surface area contributed by atoms with Gasteiger partial charge in [0.2, 0.25) is 5.95 Å². The van der Waals surface area contributed by atoms with E-state index in [1.165, 1.54) is 7.11 Å². The molecule has 44 heavy (non-hydrogen) atoms. The highest BCUT2D eigenvalue weighted by atomic mass is 16.5. The van der Waals surface area contributed by atoms with E-state index in [2.05, 4.69) is 20.3 Å². The molecule has 0 amide bonds. The number of aliphatic imine (C=N–C) groups is 1. The lowest BCUT2D eigenvalue weighted by Crippen LogP contribution is -2.29. The van der Waals surface area contributed by atoms with Crippen LogP contribution in [0.15, 0.2) is 82.6 Å². The normalized spacial score (nSPS) is 12.0. The van der Waals surface area contributed by atoms with Crippen LogP contribution in [-0.2, 0) is 17.6 Å². The topological polar surface area (TPSA) is 163 Å². The van der Waals surface area contributed by atoms with Crippen LogP contribution in [0.25, 0.3) is 16.6 Å². The molecule has 0 saturated heterocycles. The summed E-state index contributed by atoms with van der Waals surface area (Å²) in [6, 6.07) is 22.0. The Morgan fingerprint density at radius 1 is 1.00 bits per heavy atom. The van der Waals surface area contributed by atoms with Gasteiger partial charge in [-0.3, -0.25) is 14.4 Å². The monoisotopic (exact) mass is 590 g/mol. The zero-order valence-corrected chi connectivity index (χ0v) is 24.8. The van der Waals surface area contributed by atoms with Gasteiger partial charge in [0.1, 0.15) is 17.5 Å². The van der Waals surface area contributed by atoms with E-state index in [1.807, 2.05) is 67.6 Å². The average Bonchev–Trinajstić information content (AvgIpc) is 3.04. The highest BCUT2D eigenvalue weighted by Gasteiger charge is 2.23. The molecule has 2 aromatic heterocycles. The predicted octanol–water partition coefficient (Wildman–Crippen LogP) is 4.52. The Bertz CT molecular complexity index is 1890. The van der Waals surface area contributed by atoms with Crippen molar-refractivity contribution in [2.24, 2.45) is 4.99 Å². The van der Waals surface area contributed by atoms with Gasteiger partial charge in [-0.1, -0.05) is 49.4 Å². The summed E-state index contributed by atoms with van der Waals surface area (Å²) >= 11 is 0. The summed E-state index contributed by atoms with van der Waals surface area (Å²) in [4.78, 5) is 43.9. The third-order valence-corrected chi connectivity index (χ3v) is 7.36. The van der Waals surface area contributed by atoms with Gasteiger partial charge in [-0.2, -0.15) is 9.97 Å². The Labute approximate surface area is 254 Å². The molecule has 0 bridgehead atoms. The van der Waals surface area contributed by atoms with Crippen LogP contribution >= 0.6 is 0 Å². The van der Waals surface area contributed by atoms with Gasteiger partial charge in [-0.25, -0.2) is 9.78 Å². The minimum Gasteiger partial charge on any atom is -0.465 e. The third-order valence-electron chi connectivity index (χ3n) is 7.36. The van der Waals surface area contributed by atoms with Gasteiger partial charge in [0, 0.05) is 13.3 Å². The fourth-order valence-electron chi connectivity index (χ4n) is 5.17. The maximum atomic E-state index is 14.4. The van der Waals surface area contributed by atoms with Crippen molar-refractivity contribution in [1.82, 2.24) is 19.5 Å². The number of rotatable bonds is 10. The molecule has 11 nitrogen and oxygen atoms in total. The lowest BCUT2D eigenvalue weighted by Gasteiger charge is -2.23. The number of nitrogen functional groups attached to an aromatic ring is 2. The molecular formula is C33H34N8O3. The molecule has 3 aromatic carbocycles. The lowest BCUT2D eigenvalue weighted by molar-refractivity contribution is 0.0600. The number of aryl methyl sites for hydroxylation is 2. The van der Waals surface area contributed by atoms with Crippen LogP contribution in [0.5, 0.6) is 0 Å². The van der Waals surface area contributed by atoms with E-state index < -0.39 is 6.04 Å². The molecule has 0 radical (unpaired) electrons. The number of fused-ring (bicyclic) bond motifs is 1. The molecule has 0 aliphatic heterocycles. The molecule has 0 aliphatic rings. The number of benzene rings is 3. The van der Waals surface area contributed by atoms with Gasteiger partial charge in [0.05, 0.1) is 40.9 Å². The molecule has 0 aliphatic carbocycles. The fourth-order valence-corrected chi connectivity index (χ4v) is 5.17. The van der Waals surface area contributed by atoms with Crippen molar-refractivity contribution in [2.45, 2.75) is 32.2 Å². The SMILES string of the molecule is CC[C@H](Nc1nc(N)nc(N)c1C=NC)c1nc2cccc(CCc3ccc(C(=O)OC)cc3)c2c(=O)n1-c1ccccc1. The van der Waals surface area contributed by atoms with Gasteiger partial charge < -0.3 is 21.5 Å². The number of hydrogen-bond acceptors (Lipinski definition) is 10. The first-order valence-electron chi connectivity index (χ1n) is 14.2. The Morgan fingerprint density at radius 3 is 2.43 bits per heavy atom. The van der Waals surface area contributed by atoms with Crippen LogP contribution in [0.1, 0.15) is 52.3 Å². The zero-order chi connectivity index (χ0) is 31.2. The van der Waals surface area contributed by atoms with E-state index in [0.717, 1.165) is 11.1 Å². The van der Waals surface area contributed by atoms with E-state index in [1.54, 1.807) is 30.0 Å². The van der Waals surface area contributed by atoms with Gasteiger partial charge in [0.25, 0.3) is 5.56 Å². The largest absolute Gasteiger partial charge is 0.465 e. The van der Waals surface area contributed by atoms with E-state index >= 15 is 0 Å². The minimum atomic E-state index is -0.443. The number of carbonyl (C=O) groups is 1. The number of carbonyl (C=O) groups excluding carboxylic acids is 1. The van der Waals surface area contributed by atoms with E-state index in [9.17, 15) is 9.59 Å². The number of methoxy groups -OCH3 is 1. The Balaban J connectivity index is 1.60. The second-order valence-electron chi connectivity index (χ2n) is 10.2. The summed E-state index contributed by atoms with van der Waals surface area (Å²) in [5.74, 6) is 0.743. The molecule has 2 heterocycles. The van der Waals surface area contributed by atoms with Crippen LogP contribution in [0.3, 0.4) is 0 Å². The molecule has 11 heteroatoms. The van der Waals surface area contributed by atoms with Gasteiger partial charge in [-0.05, 0) is 60.7 Å². The quantitative estimate of drug-likeness (QED) is 0.157. The van der Waals surface area contributed by atoms with Crippen molar-refractivity contribution in [3.63, 3.8) is 0 Å².